The molecule has 18 heavy (non-hydrogen) atoms. The number of carbonyl (C=O) groups is 1. The first-order chi connectivity index (χ1) is 8.69. The highest BCUT2D eigenvalue weighted by atomic mass is 19.1. The predicted molar refractivity (Wildman–Crippen MR) is 64.5 cm³/mol. The summed E-state index contributed by atoms with van der Waals surface area (Å²) in [5, 5.41) is 16.9. The predicted octanol–water partition coefficient (Wildman–Crippen LogP) is 1.18. The zero-order valence-electron chi connectivity index (χ0n) is 9.66. The third-order valence-corrected chi connectivity index (χ3v) is 2.74. The second kappa shape index (κ2) is 5.47. The Bertz CT molecular complexity index is 491. The van der Waals surface area contributed by atoms with Gasteiger partial charge in [0.05, 0.1) is 17.3 Å². The maximum atomic E-state index is 13.5. The average Bonchev–Trinajstić information content (AvgIpc) is 2.84. The molecule has 1 unspecified atom stereocenters. The number of rotatable bonds is 2. The minimum atomic E-state index is -0.617. The van der Waals surface area contributed by atoms with Crippen LogP contribution >= 0.6 is 0 Å². The van der Waals surface area contributed by atoms with Crippen LogP contribution in [-0.2, 0) is 0 Å². The number of hydrogen-bond donors (Lipinski definition) is 3. The minimum Gasteiger partial charge on any atom is -0.334 e. The Morgan fingerprint density at radius 3 is 3.00 bits per heavy atom. The van der Waals surface area contributed by atoms with Gasteiger partial charge in [-0.3, -0.25) is 0 Å². The van der Waals surface area contributed by atoms with Gasteiger partial charge in [-0.15, -0.1) is 0 Å². The summed E-state index contributed by atoms with van der Waals surface area (Å²) in [7, 11) is 0. The van der Waals surface area contributed by atoms with Crippen molar-refractivity contribution in [3.63, 3.8) is 0 Å². The van der Waals surface area contributed by atoms with Gasteiger partial charge in [0.25, 0.3) is 0 Å². The molecule has 1 aliphatic heterocycles. The Morgan fingerprint density at radius 2 is 2.39 bits per heavy atom. The van der Waals surface area contributed by atoms with Crippen molar-refractivity contribution >= 4 is 11.7 Å². The molecule has 2 amide bonds. The molecule has 0 spiro atoms. The van der Waals surface area contributed by atoms with Gasteiger partial charge in [-0.2, -0.15) is 5.26 Å². The summed E-state index contributed by atoms with van der Waals surface area (Å²) < 4.78 is 13.5. The quantitative estimate of drug-likeness (QED) is 0.735. The number of halogens is 1. The molecule has 2 rings (SSSR count). The smallest absolute Gasteiger partial charge is 0.319 e. The zero-order valence-corrected chi connectivity index (χ0v) is 9.66. The van der Waals surface area contributed by atoms with E-state index < -0.39 is 11.8 Å². The number of amides is 2. The van der Waals surface area contributed by atoms with E-state index in [1.165, 1.54) is 12.1 Å². The van der Waals surface area contributed by atoms with Gasteiger partial charge in [-0.1, -0.05) is 0 Å². The lowest BCUT2D eigenvalue weighted by Gasteiger charge is -2.12. The lowest BCUT2D eigenvalue weighted by molar-refractivity contribution is 0.249. The summed E-state index contributed by atoms with van der Waals surface area (Å²) in [6, 6.07) is 5.39. The topological polar surface area (TPSA) is 77.0 Å². The number of anilines is 1. The van der Waals surface area contributed by atoms with Gasteiger partial charge in [0.1, 0.15) is 5.82 Å². The Labute approximate surface area is 104 Å². The van der Waals surface area contributed by atoms with E-state index in [0.29, 0.717) is 0 Å². The molecule has 1 aliphatic rings. The van der Waals surface area contributed by atoms with Gasteiger partial charge < -0.3 is 16.0 Å². The van der Waals surface area contributed by atoms with Crippen molar-refractivity contribution in [3.8, 4) is 6.07 Å². The Morgan fingerprint density at radius 1 is 1.56 bits per heavy atom. The highest BCUT2D eigenvalue weighted by Crippen LogP contribution is 2.15. The van der Waals surface area contributed by atoms with Crippen molar-refractivity contribution < 1.29 is 9.18 Å². The monoisotopic (exact) mass is 248 g/mol. The lowest BCUT2D eigenvalue weighted by atomic mass is 10.2. The van der Waals surface area contributed by atoms with E-state index in [1.807, 2.05) is 6.07 Å². The van der Waals surface area contributed by atoms with E-state index >= 15 is 0 Å². The molecule has 0 saturated carbocycles. The summed E-state index contributed by atoms with van der Waals surface area (Å²) >= 11 is 0. The van der Waals surface area contributed by atoms with Crippen LogP contribution in [0.4, 0.5) is 14.9 Å². The van der Waals surface area contributed by atoms with Crippen LogP contribution in [0, 0.1) is 17.1 Å². The van der Waals surface area contributed by atoms with E-state index in [2.05, 4.69) is 16.0 Å². The molecule has 6 heteroatoms. The number of hydrogen-bond acceptors (Lipinski definition) is 3. The summed E-state index contributed by atoms with van der Waals surface area (Å²) in [5.74, 6) is -0.617. The maximum absolute atomic E-state index is 13.5. The van der Waals surface area contributed by atoms with Crippen molar-refractivity contribution in [2.45, 2.75) is 12.5 Å². The number of urea groups is 1. The van der Waals surface area contributed by atoms with Crippen LogP contribution < -0.4 is 16.0 Å². The number of carbonyl (C=O) groups excluding carboxylic acids is 1. The number of benzene rings is 1. The van der Waals surface area contributed by atoms with E-state index in [4.69, 9.17) is 5.26 Å². The molecule has 1 fully saturated rings. The SMILES string of the molecule is N#Cc1ccc(NC(=O)NC2CCNC2)c(F)c1. The van der Waals surface area contributed by atoms with Crippen LogP contribution in [0.15, 0.2) is 18.2 Å². The third-order valence-electron chi connectivity index (χ3n) is 2.74. The number of nitriles is 1. The number of nitrogens with zero attached hydrogens (tertiary/aromatic N) is 1. The Kier molecular flexibility index (Phi) is 3.75. The second-order valence-electron chi connectivity index (χ2n) is 4.09. The molecule has 1 heterocycles. The van der Waals surface area contributed by atoms with Crippen molar-refractivity contribution in [2.75, 3.05) is 18.4 Å². The van der Waals surface area contributed by atoms with Gasteiger partial charge in [-0.25, -0.2) is 9.18 Å². The molecular formula is C12H13FN4O. The minimum absolute atomic E-state index is 0.0671. The fraction of sp³-hybridized carbons (Fsp3) is 0.333. The third kappa shape index (κ3) is 2.96. The van der Waals surface area contributed by atoms with E-state index in [9.17, 15) is 9.18 Å². The summed E-state index contributed by atoms with van der Waals surface area (Å²) in [4.78, 5) is 11.6. The first kappa shape index (κ1) is 12.3. The van der Waals surface area contributed by atoms with Gasteiger partial charge >= 0.3 is 6.03 Å². The largest absolute Gasteiger partial charge is 0.334 e. The fourth-order valence-corrected chi connectivity index (χ4v) is 1.81. The average molecular weight is 248 g/mol. The molecule has 1 atom stereocenters. The van der Waals surface area contributed by atoms with Crippen molar-refractivity contribution in [3.05, 3.63) is 29.6 Å². The summed E-state index contributed by atoms with van der Waals surface area (Å²) in [6.07, 6.45) is 0.864. The highest BCUT2D eigenvalue weighted by Gasteiger charge is 2.17. The Hall–Kier alpha value is -2.13. The van der Waals surface area contributed by atoms with E-state index in [-0.39, 0.29) is 17.3 Å². The first-order valence-electron chi connectivity index (χ1n) is 5.67. The zero-order chi connectivity index (χ0) is 13.0. The molecule has 94 valence electrons. The standard InChI is InChI=1S/C12H13FN4O/c13-10-5-8(6-14)1-2-11(10)17-12(18)16-9-3-4-15-7-9/h1-2,5,9,15H,3-4,7H2,(H2,16,17,18). The summed E-state index contributed by atoms with van der Waals surface area (Å²) in [6.45, 7) is 1.60. The Balaban J connectivity index is 1.96. The molecule has 0 bridgehead atoms. The van der Waals surface area contributed by atoms with E-state index in [0.717, 1.165) is 25.6 Å². The molecular weight excluding hydrogens is 235 g/mol. The molecule has 1 aromatic carbocycles. The van der Waals surface area contributed by atoms with Crippen LogP contribution in [0.1, 0.15) is 12.0 Å². The van der Waals surface area contributed by atoms with Crippen LogP contribution in [-0.4, -0.2) is 25.2 Å². The molecule has 3 N–H and O–H groups in total. The van der Waals surface area contributed by atoms with Crippen LogP contribution in [0.25, 0.3) is 0 Å². The molecule has 1 aromatic rings. The van der Waals surface area contributed by atoms with E-state index in [1.54, 1.807) is 0 Å². The van der Waals surface area contributed by atoms with Gasteiger partial charge in [0.2, 0.25) is 0 Å². The van der Waals surface area contributed by atoms with Gasteiger partial charge in [-0.05, 0) is 31.2 Å². The van der Waals surface area contributed by atoms with Gasteiger partial charge in [0.15, 0.2) is 0 Å². The second-order valence-corrected chi connectivity index (χ2v) is 4.09. The number of nitrogens with one attached hydrogen (secondary N) is 3. The van der Waals surface area contributed by atoms with Crippen molar-refractivity contribution in [1.82, 2.24) is 10.6 Å². The summed E-state index contributed by atoms with van der Waals surface area (Å²) in [5.41, 5.74) is 0.288. The molecule has 1 saturated heterocycles. The van der Waals surface area contributed by atoms with Crippen LogP contribution in [0.3, 0.4) is 0 Å². The highest BCUT2D eigenvalue weighted by molar-refractivity contribution is 5.89. The molecule has 0 aromatic heterocycles. The van der Waals surface area contributed by atoms with Crippen LogP contribution in [0.2, 0.25) is 0 Å². The van der Waals surface area contributed by atoms with Crippen molar-refractivity contribution in [2.24, 2.45) is 0 Å². The van der Waals surface area contributed by atoms with Gasteiger partial charge in [0, 0.05) is 12.6 Å². The fourth-order valence-electron chi connectivity index (χ4n) is 1.81. The molecule has 0 aliphatic carbocycles. The normalized spacial score (nSPS) is 18.1. The lowest BCUT2D eigenvalue weighted by Crippen LogP contribution is -2.39. The molecule has 0 radical (unpaired) electrons. The maximum Gasteiger partial charge on any atom is 0.319 e. The molecule has 5 nitrogen and oxygen atoms in total. The van der Waals surface area contributed by atoms with Crippen molar-refractivity contribution in [1.29, 1.82) is 5.26 Å². The van der Waals surface area contributed by atoms with Crippen LogP contribution in [0.5, 0.6) is 0 Å². The first-order valence-corrected chi connectivity index (χ1v) is 5.67.